The molecule has 3 aromatic carbocycles. The molecule has 3 heteroatoms. The molecule has 3 aromatic rings. The van der Waals surface area contributed by atoms with Crippen LogP contribution in [-0.4, -0.2) is 13.2 Å². The number of benzene rings is 3. The van der Waals surface area contributed by atoms with Crippen LogP contribution in [0.1, 0.15) is 11.1 Å². The molecule has 0 saturated carbocycles. The zero-order chi connectivity index (χ0) is 17.5. The van der Waals surface area contributed by atoms with Crippen molar-refractivity contribution in [1.29, 1.82) is 0 Å². The smallest absolute Gasteiger partial charge is 0.119 e. The van der Waals surface area contributed by atoms with Crippen LogP contribution >= 0.6 is 0 Å². The van der Waals surface area contributed by atoms with Crippen molar-refractivity contribution in [2.24, 2.45) is 5.73 Å². The molecule has 0 aromatic heterocycles. The molecule has 2 N–H and O–H groups in total. The van der Waals surface area contributed by atoms with Crippen molar-refractivity contribution in [2.75, 3.05) is 13.2 Å². The number of aryl methyl sites for hydroxylation is 1. The summed E-state index contributed by atoms with van der Waals surface area (Å²) in [6, 6.07) is 24.5. The zero-order valence-corrected chi connectivity index (χ0v) is 14.4. The molecular formula is C22H23NO2. The topological polar surface area (TPSA) is 44.5 Å². The molecule has 0 bridgehead atoms. The van der Waals surface area contributed by atoms with Gasteiger partial charge in [-0.1, -0.05) is 48.5 Å². The summed E-state index contributed by atoms with van der Waals surface area (Å²) >= 11 is 0. The Morgan fingerprint density at radius 3 is 2.20 bits per heavy atom. The number of hydrogen-bond acceptors (Lipinski definition) is 3. The van der Waals surface area contributed by atoms with Gasteiger partial charge in [-0.05, 0) is 53.4 Å². The third-order valence-corrected chi connectivity index (χ3v) is 4.00. The van der Waals surface area contributed by atoms with Gasteiger partial charge in [-0.25, -0.2) is 0 Å². The third kappa shape index (κ3) is 4.61. The second-order valence-electron chi connectivity index (χ2n) is 5.91. The molecule has 0 radical (unpaired) electrons. The Kier molecular flexibility index (Phi) is 5.70. The first-order valence-corrected chi connectivity index (χ1v) is 8.47. The van der Waals surface area contributed by atoms with E-state index >= 15 is 0 Å². The molecule has 0 amide bonds. The molecule has 0 unspecified atom stereocenters. The lowest BCUT2D eigenvalue weighted by molar-refractivity contribution is 0.306. The van der Waals surface area contributed by atoms with Crippen molar-refractivity contribution in [3.63, 3.8) is 0 Å². The van der Waals surface area contributed by atoms with Gasteiger partial charge >= 0.3 is 0 Å². The van der Waals surface area contributed by atoms with E-state index in [-0.39, 0.29) is 0 Å². The van der Waals surface area contributed by atoms with Gasteiger partial charge in [-0.2, -0.15) is 0 Å². The van der Waals surface area contributed by atoms with Gasteiger partial charge in [0.25, 0.3) is 0 Å². The minimum atomic E-state index is 0.519. The van der Waals surface area contributed by atoms with Crippen LogP contribution in [0, 0.1) is 6.92 Å². The standard InChI is InChI=1S/C22H23NO2/c1-17-15-21(24-14-13-23)11-12-22(17)19-7-9-20(10-8-19)25-16-18-5-3-2-4-6-18/h2-12,15H,13-14,16,23H2,1H3. The van der Waals surface area contributed by atoms with E-state index in [1.165, 1.54) is 11.1 Å². The molecule has 0 aliphatic carbocycles. The van der Waals surface area contributed by atoms with E-state index in [4.69, 9.17) is 15.2 Å². The van der Waals surface area contributed by atoms with E-state index in [0.29, 0.717) is 19.8 Å². The normalized spacial score (nSPS) is 10.5. The molecule has 128 valence electrons. The van der Waals surface area contributed by atoms with E-state index in [0.717, 1.165) is 22.6 Å². The van der Waals surface area contributed by atoms with Gasteiger partial charge < -0.3 is 15.2 Å². The highest BCUT2D eigenvalue weighted by molar-refractivity contribution is 5.68. The van der Waals surface area contributed by atoms with Crippen LogP contribution < -0.4 is 15.2 Å². The Morgan fingerprint density at radius 2 is 1.52 bits per heavy atom. The Bertz CT molecular complexity index is 798. The predicted molar refractivity (Wildman–Crippen MR) is 102 cm³/mol. The maximum Gasteiger partial charge on any atom is 0.119 e. The molecule has 3 rings (SSSR count). The zero-order valence-electron chi connectivity index (χ0n) is 14.4. The third-order valence-electron chi connectivity index (χ3n) is 4.00. The van der Waals surface area contributed by atoms with Gasteiger partial charge in [0.2, 0.25) is 0 Å². The van der Waals surface area contributed by atoms with Crippen molar-refractivity contribution < 1.29 is 9.47 Å². The molecule has 3 nitrogen and oxygen atoms in total. The highest BCUT2D eigenvalue weighted by Gasteiger charge is 2.05. The Morgan fingerprint density at radius 1 is 0.800 bits per heavy atom. The van der Waals surface area contributed by atoms with Crippen molar-refractivity contribution in [3.05, 3.63) is 83.9 Å². The first-order chi connectivity index (χ1) is 12.3. The van der Waals surface area contributed by atoms with E-state index in [1.54, 1.807) is 0 Å². The van der Waals surface area contributed by atoms with Crippen LogP contribution in [0.3, 0.4) is 0 Å². The number of nitrogens with two attached hydrogens (primary N) is 1. The highest BCUT2D eigenvalue weighted by Crippen LogP contribution is 2.28. The minimum absolute atomic E-state index is 0.519. The van der Waals surface area contributed by atoms with Gasteiger partial charge in [-0.3, -0.25) is 0 Å². The van der Waals surface area contributed by atoms with Crippen molar-refractivity contribution >= 4 is 0 Å². The lowest BCUT2D eigenvalue weighted by Gasteiger charge is -2.11. The summed E-state index contributed by atoms with van der Waals surface area (Å²) in [4.78, 5) is 0. The SMILES string of the molecule is Cc1cc(OCCN)ccc1-c1ccc(OCc2ccccc2)cc1. The first-order valence-electron chi connectivity index (χ1n) is 8.47. The van der Waals surface area contributed by atoms with Crippen molar-refractivity contribution in [3.8, 4) is 22.6 Å². The van der Waals surface area contributed by atoms with Crippen LogP contribution in [0.2, 0.25) is 0 Å². The molecule has 25 heavy (non-hydrogen) atoms. The van der Waals surface area contributed by atoms with E-state index < -0.39 is 0 Å². The van der Waals surface area contributed by atoms with Crippen LogP contribution in [0.25, 0.3) is 11.1 Å². The van der Waals surface area contributed by atoms with Crippen LogP contribution in [0.5, 0.6) is 11.5 Å². The second-order valence-corrected chi connectivity index (χ2v) is 5.91. The predicted octanol–water partition coefficient (Wildman–Crippen LogP) is 4.58. The van der Waals surface area contributed by atoms with Crippen molar-refractivity contribution in [1.82, 2.24) is 0 Å². The maximum absolute atomic E-state index is 5.84. The highest BCUT2D eigenvalue weighted by atomic mass is 16.5. The van der Waals surface area contributed by atoms with E-state index in [9.17, 15) is 0 Å². The molecular weight excluding hydrogens is 310 g/mol. The summed E-state index contributed by atoms with van der Waals surface area (Å²) in [6.45, 7) is 3.72. The van der Waals surface area contributed by atoms with Gasteiger partial charge in [0, 0.05) is 6.54 Å². The Hall–Kier alpha value is -2.78. The van der Waals surface area contributed by atoms with Gasteiger partial charge in [0.05, 0.1) is 0 Å². The van der Waals surface area contributed by atoms with Crippen LogP contribution in [0.15, 0.2) is 72.8 Å². The van der Waals surface area contributed by atoms with Crippen molar-refractivity contribution in [2.45, 2.75) is 13.5 Å². The average molecular weight is 333 g/mol. The van der Waals surface area contributed by atoms with Gasteiger partial charge in [0.15, 0.2) is 0 Å². The Labute approximate surface area is 149 Å². The van der Waals surface area contributed by atoms with Crippen LogP contribution in [0.4, 0.5) is 0 Å². The number of rotatable bonds is 7. The summed E-state index contributed by atoms with van der Waals surface area (Å²) < 4.78 is 11.4. The van der Waals surface area contributed by atoms with Gasteiger partial charge in [-0.15, -0.1) is 0 Å². The Balaban J connectivity index is 1.67. The summed E-state index contributed by atoms with van der Waals surface area (Å²) in [5, 5.41) is 0. The fourth-order valence-electron chi connectivity index (χ4n) is 2.70. The summed E-state index contributed by atoms with van der Waals surface area (Å²) in [5.41, 5.74) is 10.2. The summed E-state index contributed by atoms with van der Waals surface area (Å²) in [6.07, 6.45) is 0. The lowest BCUT2D eigenvalue weighted by Crippen LogP contribution is -2.10. The lowest BCUT2D eigenvalue weighted by atomic mass is 10.0. The monoisotopic (exact) mass is 333 g/mol. The molecule has 0 aliphatic rings. The average Bonchev–Trinajstić information content (AvgIpc) is 2.66. The minimum Gasteiger partial charge on any atom is -0.492 e. The molecule has 0 atom stereocenters. The molecule has 0 heterocycles. The molecule has 0 aliphatic heterocycles. The van der Waals surface area contributed by atoms with Gasteiger partial charge in [0.1, 0.15) is 24.7 Å². The van der Waals surface area contributed by atoms with E-state index in [2.05, 4.69) is 37.3 Å². The number of hydrogen-bond donors (Lipinski definition) is 1. The largest absolute Gasteiger partial charge is 0.492 e. The second kappa shape index (κ2) is 8.36. The van der Waals surface area contributed by atoms with E-state index in [1.807, 2.05) is 42.5 Å². The van der Waals surface area contributed by atoms with Crippen LogP contribution in [-0.2, 0) is 6.61 Å². The summed E-state index contributed by atoms with van der Waals surface area (Å²) in [7, 11) is 0. The maximum atomic E-state index is 5.84. The first kappa shape index (κ1) is 17.1. The fraction of sp³-hybridized carbons (Fsp3) is 0.182. The fourth-order valence-corrected chi connectivity index (χ4v) is 2.70. The molecule has 0 saturated heterocycles. The summed E-state index contributed by atoms with van der Waals surface area (Å²) in [5.74, 6) is 1.72. The quantitative estimate of drug-likeness (QED) is 0.688. The number of ether oxygens (including phenoxy) is 2. The molecule has 0 spiro atoms. The molecule has 0 fully saturated rings.